The summed E-state index contributed by atoms with van der Waals surface area (Å²) in [6, 6.07) is -0.557. The molecule has 1 aliphatic rings. The van der Waals surface area contributed by atoms with Gasteiger partial charge in [-0.15, -0.1) is 0 Å². The van der Waals surface area contributed by atoms with Crippen molar-refractivity contribution in [2.24, 2.45) is 0 Å². The van der Waals surface area contributed by atoms with Crippen molar-refractivity contribution in [3.8, 4) is 0 Å². The van der Waals surface area contributed by atoms with Crippen LogP contribution in [0, 0.1) is 0 Å². The van der Waals surface area contributed by atoms with Gasteiger partial charge in [0.2, 0.25) is 15.9 Å². The second-order valence-electron chi connectivity index (χ2n) is 3.48. The van der Waals surface area contributed by atoms with Crippen molar-refractivity contribution >= 4 is 15.9 Å². The fraction of sp³-hybridized carbons (Fsp3) is 0.875. The van der Waals surface area contributed by atoms with E-state index in [4.69, 9.17) is 0 Å². The lowest BCUT2D eigenvalue weighted by atomic mass is 10.1. The third kappa shape index (κ3) is 2.68. The van der Waals surface area contributed by atoms with Crippen LogP contribution in [0.4, 0.5) is 0 Å². The van der Waals surface area contributed by atoms with E-state index in [0.717, 1.165) is 6.42 Å². The topological polar surface area (TPSA) is 66.5 Å². The van der Waals surface area contributed by atoms with E-state index in [1.807, 2.05) is 0 Å². The Bertz CT molecular complexity index is 313. The van der Waals surface area contributed by atoms with Crippen LogP contribution in [0.3, 0.4) is 0 Å². The molecule has 1 amide bonds. The summed E-state index contributed by atoms with van der Waals surface area (Å²) in [6.45, 7) is 2.27. The first-order valence-corrected chi connectivity index (χ1v) is 6.36. The summed E-state index contributed by atoms with van der Waals surface area (Å²) in [6.07, 6.45) is 1.45. The summed E-state index contributed by atoms with van der Waals surface area (Å²) < 4.78 is 24.9. The summed E-state index contributed by atoms with van der Waals surface area (Å²) in [5.41, 5.74) is 0. The van der Waals surface area contributed by atoms with E-state index in [-0.39, 0.29) is 11.7 Å². The molecule has 0 spiro atoms. The first-order chi connectivity index (χ1) is 6.46. The SMILES string of the molecule is CCS(=O)(=O)NC1CCCN(C)C1=O. The van der Waals surface area contributed by atoms with E-state index in [1.54, 1.807) is 18.9 Å². The fourth-order valence-corrected chi connectivity index (χ4v) is 2.26. The molecule has 6 heteroatoms. The van der Waals surface area contributed by atoms with Crippen LogP contribution in [0.15, 0.2) is 0 Å². The summed E-state index contributed by atoms with van der Waals surface area (Å²) >= 11 is 0. The van der Waals surface area contributed by atoms with Crippen molar-refractivity contribution in [3.63, 3.8) is 0 Å². The number of carbonyl (C=O) groups is 1. The molecule has 1 rings (SSSR count). The van der Waals surface area contributed by atoms with Crippen LogP contribution in [0.25, 0.3) is 0 Å². The summed E-state index contributed by atoms with van der Waals surface area (Å²) in [4.78, 5) is 13.1. The molecule has 0 aromatic heterocycles. The predicted octanol–water partition coefficient (Wildman–Crippen LogP) is -0.453. The number of sulfonamides is 1. The molecule has 0 aliphatic carbocycles. The number of hydrogen-bond acceptors (Lipinski definition) is 3. The van der Waals surface area contributed by atoms with Gasteiger partial charge in [0, 0.05) is 13.6 Å². The zero-order chi connectivity index (χ0) is 10.8. The minimum atomic E-state index is -3.27. The molecule has 5 nitrogen and oxygen atoms in total. The van der Waals surface area contributed by atoms with Crippen LogP contribution in [0.5, 0.6) is 0 Å². The molecule has 82 valence electrons. The van der Waals surface area contributed by atoms with Gasteiger partial charge < -0.3 is 4.90 Å². The molecule has 0 saturated carbocycles. The Morgan fingerprint density at radius 1 is 1.57 bits per heavy atom. The van der Waals surface area contributed by atoms with Gasteiger partial charge in [0.1, 0.15) is 6.04 Å². The number of hydrogen-bond donors (Lipinski definition) is 1. The minimum absolute atomic E-state index is 0.0144. The van der Waals surface area contributed by atoms with Gasteiger partial charge in [0.05, 0.1) is 5.75 Å². The van der Waals surface area contributed by atoms with Crippen LogP contribution in [-0.4, -0.2) is 44.6 Å². The predicted molar refractivity (Wildman–Crippen MR) is 53.3 cm³/mol. The van der Waals surface area contributed by atoms with E-state index in [0.29, 0.717) is 13.0 Å². The van der Waals surface area contributed by atoms with Crippen molar-refractivity contribution in [1.82, 2.24) is 9.62 Å². The quantitative estimate of drug-likeness (QED) is 0.700. The third-order valence-corrected chi connectivity index (χ3v) is 3.77. The molecule has 1 unspecified atom stereocenters. The van der Waals surface area contributed by atoms with Gasteiger partial charge in [0.15, 0.2) is 0 Å². The van der Waals surface area contributed by atoms with E-state index < -0.39 is 16.1 Å². The third-order valence-electron chi connectivity index (χ3n) is 2.36. The molecule has 1 atom stereocenters. The normalized spacial score (nSPS) is 24.0. The van der Waals surface area contributed by atoms with E-state index >= 15 is 0 Å². The maximum atomic E-state index is 11.5. The van der Waals surface area contributed by atoms with E-state index in [9.17, 15) is 13.2 Å². The van der Waals surface area contributed by atoms with Crippen LogP contribution in [0.1, 0.15) is 19.8 Å². The van der Waals surface area contributed by atoms with Gasteiger partial charge in [-0.1, -0.05) is 0 Å². The van der Waals surface area contributed by atoms with Crippen molar-refractivity contribution in [3.05, 3.63) is 0 Å². The molecule has 0 aromatic rings. The number of piperidine rings is 1. The minimum Gasteiger partial charge on any atom is -0.344 e. The van der Waals surface area contributed by atoms with Gasteiger partial charge in [-0.25, -0.2) is 13.1 Å². The number of rotatable bonds is 3. The maximum absolute atomic E-state index is 11.5. The van der Waals surface area contributed by atoms with Gasteiger partial charge in [-0.3, -0.25) is 4.79 Å². The summed E-state index contributed by atoms with van der Waals surface area (Å²) in [5, 5.41) is 0. The van der Waals surface area contributed by atoms with Crippen molar-refractivity contribution < 1.29 is 13.2 Å². The second-order valence-corrected chi connectivity index (χ2v) is 5.52. The van der Waals surface area contributed by atoms with Crippen LogP contribution < -0.4 is 4.72 Å². The molecule has 0 bridgehead atoms. The molecule has 0 radical (unpaired) electrons. The second kappa shape index (κ2) is 4.27. The zero-order valence-corrected chi connectivity index (χ0v) is 9.30. The lowest BCUT2D eigenvalue weighted by Gasteiger charge is -2.29. The van der Waals surface area contributed by atoms with Crippen LogP contribution >= 0.6 is 0 Å². The summed E-state index contributed by atoms with van der Waals surface area (Å²) in [7, 11) is -1.58. The smallest absolute Gasteiger partial charge is 0.240 e. The van der Waals surface area contributed by atoms with Gasteiger partial charge in [-0.05, 0) is 19.8 Å². The molecular weight excluding hydrogens is 204 g/mol. The first-order valence-electron chi connectivity index (χ1n) is 4.71. The highest BCUT2D eigenvalue weighted by Gasteiger charge is 2.29. The number of nitrogens with one attached hydrogen (secondary N) is 1. The number of likely N-dealkylation sites (tertiary alicyclic amines) is 1. The van der Waals surface area contributed by atoms with Crippen molar-refractivity contribution in [1.29, 1.82) is 0 Å². The van der Waals surface area contributed by atoms with E-state index in [2.05, 4.69) is 4.72 Å². The maximum Gasteiger partial charge on any atom is 0.240 e. The Hall–Kier alpha value is -0.620. The number of likely N-dealkylation sites (N-methyl/N-ethyl adjacent to an activating group) is 1. The van der Waals surface area contributed by atoms with Crippen molar-refractivity contribution in [2.75, 3.05) is 19.3 Å². The Kier molecular flexibility index (Phi) is 3.49. The average molecular weight is 220 g/mol. The Balaban J connectivity index is 2.65. The monoisotopic (exact) mass is 220 g/mol. The number of nitrogens with zero attached hydrogens (tertiary/aromatic N) is 1. The highest BCUT2D eigenvalue weighted by Crippen LogP contribution is 2.10. The lowest BCUT2D eigenvalue weighted by Crippen LogP contribution is -2.51. The molecular formula is C8H16N2O3S. The Morgan fingerprint density at radius 2 is 2.21 bits per heavy atom. The standard InChI is InChI=1S/C8H16N2O3S/c1-3-14(12,13)9-7-5-4-6-10(2)8(7)11/h7,9H,3-6H2,1-2H3. The molecule has 1 fully saturated rings. The van der Waals surface area contributed by atoms with Crippen LogP contribution in [-0.2, 0) is 14.8 Å². The summed E-state index contributed by atoms with van der Waals surface area (Å²) in [5.74, 6) is -0.117. The van der Waals surface area contributed by atoms with Crippen molar-refractivity contribution in [2.45, 2.75) is 25.8 Å². The molecule has 1 aliphatic heterocycles. The van der Waals surface area contributed by atoms with Gasteiger partial charge >= 0.3 is 0 Å². The lowest BCUT2D eigenvalue weighted by molar-refractivity contribution is -0.133. The Labute approximate surface area is 84.5 Å². The first kappa shape index (κ1) is 11.5. The molecule has 1 heterocycles. The molecule has 14 heavy (non-hydrogen) atoms. The average Bonchev–Trinajstić information content (AvgIpc) is 2.13. The molecule has 1 N–H and O–H groups in total. The fourth-order valence-electron chi connectivity index (χ4n) is 1.44. The Morgan fingerprint density at radius 3 is 2.79 bits per heavy atom. The molecule has 0 aromatic carbocycles. The van der Waals surface area contributed by atoms with Crippen LogP contribution in [0.2, 0.25) is 0 Å². The highest BCUT2D eigenvalue weighted by molar-refractivity contribution is 7.89. The zero-order valence-electron chi connectivity index (χ0n) is 8.49. The molecule has 1 saturated heterocycles. The van der Waals surface area contributed by atoms with E-state index in [1.165, 1.54) is 0 Å². The highest BCUT2D eigenvalue weighted by atomic mass is 32.2. The number of carbonyl (C=O) groups excluding carboxylic acids is 1. The van der Waals surface area contributed by atoms with Gasteiger partial charge in [-0.2, -0.15) is 0 Å². The number of amides is 1. The van der Waals surface area contributed by atoms with Gasteiger partial charge in [0.25, 0.3) is 0 Å². The largest absolute Gasteiger partial charge is 0.344 e.